The third-order valence-corrected chi connectivity index (χ3v) is 5.13. The molecular formula is C17H14ClF5O3. The zero-order chi connectivity index (χ0) is 19.9. The molecule has 2 rings (SSSR count). The summed E-state index contributed by atoms with van der Waals surface area (Å²) < 4.78 is 67.7. The van der Waals surface area contributed by atoms with E-state index in [0.717, 1.165) is 12.3 Å². The van der Waals surface area contributed by atoms with Gasteiger partial charge in [-0.05, 0) is 11.3 Å². The average Bonchev–Trinajstić information content (AvgIpc) is 2.85. The lowest BCUT2D eigenvalue weighted by atomic mass is 9.92. The molecule has 0 bridgehead atoms. The maximum absolute atomic E-state index is 12.6. The van der Waals surface area contributed by atoms with Crippen molar-refractivity contribution in [2.75, 3.05) is 0 Å². The number of carbonyl (C=O) groups is 1. The first-order valence-electron chi connectivity index (χ1n) is 7.37. The van der Waals surface area contributed by atoms with Gasteiger partial charge in [0.05, 0.1) is 11.0 Å². The molecule has 1 aromatic heterocycles. The van der Waals surface area contributed by atoms with Gasteiger partial charge in [-0.1, -0.05) is 37.4 Å². The molecule has 2 atom stereocenters. The summed E-state index contributed by atoms with van der Waals surface area (Å²) in [5.74, 6) is 2.56. The Kier molecular flexibility index (Phi) is 5.17. The van der Waals surface area contributed by atoms with Crippen molar-refractivity contribution in [3.63, 3.8) is 0 Å². The maximum Gasteiger partial charge on any atom is 0.426 e. The molecule has 26 heavy (non-hydrogen) atoms. The van der Waals surface area contributed by atoms with E-state index in [2.05, 4.69) is 11.8 Å². The number of furan rings is 1. The van der Waals surface area contributed by atoms with Crippen LogP contribution in [0.5, 0.6) is 0 Å². The van der Waals surface area contributed by atoms with Crippen molar-refractivity contribution < 1.29 is 36.3 Å². The molecule has 1 heterocycles. The minimum atomic E-state index is -4.77. The monoisotopic (exact) mass is 396 g/mol. The van der Waals surface area contributed by atoms with Crippen molar-refractivity contribution >= 4 is 17.6 Å². The van der Waals surface area contributed by atoms with Crippen molar-refractivity contribution in [1.29, 1.82) is 0 Å². The minimum Gasteiger partial charge on any atom is -0.481 e. The third-order valence-electron chi connectivity index (χ3n) is 4.79. The fraction of sp³-hybridized carbons (Fsp3) is 0.471. The van der Waals surface area contributed by atoms with E-state index in [1.54, 1.807) is 0 Å². The quantitative estimate of drug-likeness (QED) is 0.550. The highest BCUT2D eigenvalue weighted by Gasteiger charge is 2.74. The van der Waals surface area contributed by atoms with Crippen LogP contribution in [0.25, 0.3) is 0 Å². The van der Waals surface area contributed by atoms with E-state index in [0.29, 0.717) is 6.08 Å². The summed E-state index contributed by atoms with van der Waals surface area (Å²) in [6.45, 7) is 3.01. The Labute approximate surface area is 150 Å². The molecule has 0 unspecified atom stereocenters. The number of halogens is 6. The van der Waals surface area contributed by atoms with Gasteiger partial charge in [-0.25, -0.2) is 8.78 Å². The molecule has 0 spiro atoms. The molecule has 1 aliphatic carbocycles. The number of alkyl halides is 5. The molecule has 0 aliphatic heterocycles. The Hall–Kier alpha value is -2.01. The minimum absolute atomic E-state index is 0.0836. The van der Waals surface area contributed by atoms with E-state index >= 15 is 0 Å². The van der Waals surface area contributed by atoms with Crippen LogP contribution in [-0.4, -0.2) is 17.3 Å². The van der Waals surface area contributed by atoms with Crippen molar-refractivity contribution in [3.05, 3.63) is 34.8 Å². The zero-order valence-corrected chi connectivity index (χ0v) is 14.4. The van der Waals surface area contributed by atoms with Crippen LogP contribution in [-0.2, 0) is 4.79 Å². The second-order valence-corrected chi connectivity index (χ2v) is 6.92. The van der Waals surface area contributed by atoms with Gasteiger partial charge >= 0.3 is 12.1 Å². The van der Waals surface area contributed by atoms with Crippen LogP contribution in [0.1, 0.15) is 38.0 Å². The van der Waals surface area contributed by atoms with Gasteiger partial charge in [0, 0.05) is 18.4 Å². The second-order valence-electron chi connectivity index (χ2n) is 6.51. The maximum atomic E-state index is 12.6. The van der Waals surface area contributed by atoms with Crippen LogP contribution in [0, 0.1) is 28.6 Å². The summed E-state index contributed by atoms with van der Waals surface area (Å²) in [6.07, 6.45) is -6.27. The van der Waals surface area contributed by atoms with Gasteiger partial charge in [-0.15, -0.1) is 0 Å². The normalized spacial score (nSPS) is 25.0. The van der Waals surface area contributed by atoms with E-state index in [1.807, 2.05) is 0 Å². The highest BCUT2D eigenvalue weighted by atomic mass is 35.5. The molecule has 0 radical (unpaired) electrons. The molecule has 1 saturated carbocycles. The van der Waals surface area contributed by atoms with Crippen LogP contribution in [0.3, 0.4) is 0 Å². The van der Waals surface area contributed by atoms with Crippen LogP contribution in [0.2, 0.25) is 0 Å². The van der Waals surface area contributed by atoms with E-state index in [4.69, 9.17) is 16.0 Å². The number of carboxylic acids is 1. The summed E-state index contributed by atoms with van der Waals surface area (Å²) in [7, 11) is 0. The van der Waals surface area contributed by atoms with Crippen molar-refractivity contribution in [3.8, 4) is 11.8 Å². The number of allylic oxidation sites excluding steroid dienone is 2. The van der Waals surface area contributed by atoms with E-state index in [9.17, 15) is 31.9 Å². The van der Waals surface area contributed by atoms with Crippen molar-refractivity contribution in [2.45, 2.75) is 32.9 Å². The Morgan fingerprint density at radius 1 is 1.46 bits per heavy atom. The number of aliphatic carboxylic acids is 1. The van der Waals surface area contributed by atoms with E-state index < -0.39 is 40.4 Å². The SMILES string of the molecule is CC1(C)[C@@H](C=C(Cl)C(F)(F)F)[C@@]1(CC#Cc1cc(C(F)F)co1)C(=O)O. The first-order valence-corrected chi connectivity index (χ1v) is 7.75. The largest absolute Gasteiger partial charge is 0.481 e. The third kappa shape index (κ3) is 3.45. The van der Waals surface area contributed by atoms with Crippen LogP contribution >= 0.6 is 11.6 Å². The summed E-state index contributed by atoms with van der Waals surface area (Å²) in [4.78, 5) is 11.7. The highest BCUT2D eigenvalue weighted by Crippen LogP contribution is 2.72. The zero-order valence-electron chi connectivity index (χ0n) is 13.6. The Balaban J connectivity index is 2.26. The average molecular weight is 397 g/mol. The summed E-state index contributed by atoms with van der Waals surface area (Å²) in [6, 6.07) is 1.01. The lowest BCUT2D eigenvalue weighted by Crippen LogP contribution is -2.21. The van der Waals surface area contributed by atoms with Crippen LogP contribution in [0.15, 0.2) is 27.9 Å². The van der Waals surface area contributed by atoms with Gasteiger partial charge in [0.15, 0.2) is 5.76 Å². The van der Waals surface area contributed by atoms with E-state index in [-0.39, 0.29) is 17.7 Å². The first-order chi connectivity index (χ1) is 11.8. The number of hydrogen-bond donors (Lipinski definition) is 1. The lowest BCUT2D eigenvalue weighted by molar-refractivity contribution is -0.144. The number of hydrogen-bond acceptors (Lipinski definition) is 2. The molecule has 9 heteroatoms. The van der Waals surface area contributed by atoms with Gasteiger partial charge in [0.25, 0.3) is 6.43 Å². The predicted octanol–water partition coefficient (Wildman–Crippen LogP) is 5.37. The fourth-order valence-electron chi connectivity index (χ4n) is 3.11. The van der Waals surface area contributed by atoms with Crippen molar-refractivity contribution in [2.24, 2.45) is 16.7 Å². The van der Waals surface area contributed by atoms with Gasteiger partial charge in [-0.3, -0.25) is 4.79 Å². The molecule has 1 fully saturated rings. The second kappa shape index (κ2) is 6.62. The Bertz CT molecular complexity index is 797. The molecule has 1 aromatic rings. The topological polar surface area (TPSA) is 50.4 Å². The van der Waals surface area contributed by atoms with Gasteiger partial charge in [0.1, 0.15) is 11.3 Å². The van der Waals surface area contributed by atoms with Crippen LogP contribution < -0.4 is 0 Å². The fourth-order valence-corrected chi connectivity index (χ4v) is 3.24. The van der Waals surface area contributed by atoms with Gasteiger partial charge in [-0.2, -0.15) is 13.2 Å². The molecule has 1 aliphatic rings. The lowest BCUT2D eigenvalue weighted by Gasteiger charge is -2.11. The molecule has 3 nitrogen and oxygen atoms in total. The predicted molar refractivity (Wildman–Crippen MR) is 82.5 cm³/mol. The highest BCUT2D eigenvalue weighted by molar-refractivity contribution is 6.30. The van der Waals surface area contributed by atoms with E-state index in [1.165, 1.54) is 13.8 Å². The standard InChI is InChI=1S/C17H14ClF5O3/c1-15(2)11(7-12(18)17(21,22)23)16(15,14(24)25)5-3-4-10-6-9(8-26-10)13(19)20/h6-8,11,13H,5H2,1-2H3,(H,24,25)/t11-,16+/m1/s1. The summed E-state index contributed by atoms with van der Waals surface area (Å²) >= 11 is 5.23. The van der Waals surface area contributed by atoms with Gasteiger partial charge in [0.2, 0.25) is 0 Å². The molecule has 0 aromatic carbocycles. The Morgan fingerprint density at radius 3 is 2.54 bits per heavy atom. The molecule has 142 valence electrons. The molecule has 0 saturated heterocycles. The molecule has 1 N–H and O–H groups in total. The first kappa shape index (κ1) is 20.3. The Morgan fingerprint density at radius 2 is 2.08 bits per heavy atom. The number of carboxylic acid groups (broad SMARTS) is 1. The molecular weight excluding hydrogens is 383 g/mol. The smallest absolute Gasteiger partial charge is 0.426 e. The summed E-state index contributed by atoms with van der Waals surface area (Å²) in [5, 5.41) is 8.17. The summed E-state index contributed by atoms with van der Waals surface area (Å²) in [5.41, 5.74) is -2.95. The van der Waals surface area contributed by atoms with Crippen LogP contribution in [0.4, 0.5) is 22.0 Å². The van der Waals surface area contributed by atoms with Crippen molar-refractivity contribution in [1.82, 2.24) is 0 Å². The number of rotatable bonds is 4. The van der Waals surface area contributed by atoms with Gasteiger partial charge < -0.3 is 9.52 Å². The molecule has 0 amide bonds.